The summed E-state index contributed by atoms with van der Waals surface area (Å²) >= 11 is 0. The number of esters is 1. The molecule has 5 nitrogen and oxygen atoms in total. The zero-order valence-corrected chi connectivity index (χ0v) is 13.4. The minimum atomic E-state index is -0.460. The van der Waals surface area contributed by atoms with Crippen LogP contribution in [0.25, 0.3) is 0 Å². The van der Waals surface area contributed by atoms with Crippen LogP contribution in [0.4, 0.5) is 0 Å². The van der Waals surface area contributed by atoms with Crippen molar-refractivity contribution in [2.45, 2.75) is 19.8 Å². The highest BCUT2D eigenvalue weighted by molar-refractivity contribution is 5.98. The topological polar surface area (TPSA) is 76.5 Å². The van der Waals surface area contributed by atoms with Crippen molar-refractivity contribution in [2.24, 2.45) is 0 Å². The molecular weight excluding hydrogens is 306 g/mol. The van der Waals surface area contributed by atoms with Gasteiger partial charge in [-0.25, -0.2) is 4.98 Å². The molecule has 1 N–H and O–H groups in total. The van der Waals surface area contributed by atoms with Gasteiger partial charge in [-0.15, -0.1) is 6.42 Å². The van der Waals surface area contributed by atoms with Crippen LogP contribution in [0.2, 0.25) is 0 Å². The number of nitrogens with zero attached hydrogens (tertiary/aromatic N) is 1. The number of Topliss-reactive ketones (excluding diaryl/α,β-unsaturated/α-hetero) is 1. The molecule has 0 aliphatic carbocycles. The zero-order chi connectivity index (χ0) is 17.8. The molecule has 0 bridgehead atoms. The highest BCUT2D eigenvalue weighted by Gasteiger charge is 2.16. The predicted octanol–water partition coefficient (Wildman–Crippen LogP) is 2.98. The number of rotatable bonds is 5. The molecule has 1 aromatic heterocycles. The van der Waals surface area contributed by atoms with E-state index in [4.69, 9.17) is 11.2 Å². The average molecular weight is 325 g/mol. The van der Waals surface area contributed by atoms with E-state index in [9.17, 15) is 14.7 Å². The lowest BCUT2D eigenvalue weighted by atomic mass is 10.1. The molecule has 2 rings (SSSR count). The van der Waals surface area contributed by atoms with Crippen LogP contribution in [-0.2, 0) is 9.53 Å². The summed E-state index contributed by atoms with van der Waals surface area (Å²) in [4.78, 5) is 26.6. The normalized spacial score (nSPS) is 9.17. The molecular formula is C19H19NO4. The van der Waals surface area contributed by atoms with E-state index in [0.29, 0.717) is 0 Å². The van der Waals surface area contributed by atoms with Crippen LogP contribution >= 0.6 is 0 Å². The highest BCUT2D eigenvalue weighted by Crippen LogP contribution is 2.21. The molecule has 0 aliphatic rings. The molecule has 24 heavy (non-hydrogen) atoms. The van der Waals surface area contributed by atoms with Gasteiger partial charge in [-0.3, -0.25) is 9.59 Å². The number of hydrogen-bond acceptors (Lipinski definition) is 5. The number of aromatic nitrogens is 1. The Hall–Kier alpha value is -3.13. The van der Waals surface area contributed by atoms with E-state index in [1.54, 1.807) is 6.92 Å². The van der Waals surface area contributed by atoms with Crippen molar-refractivity contribution in [3.63, 3.8) is 0 Å². The lowest BCUT2D eigenvalue weighted by Gasteiger charge is -2.04. The van der Waals surface area contributed by atoms with Crippen molar-refractivity contribution in [1.82, 2.24) is 4.98 Å². The molecule has 1 heterocycles. The van der Waals surface area contributed by atoms with Crippen molar-refractivity contribution < 1.29 is 19.4 Å². The van der Waals surface area contributed by atoms with Crippen LogP contribution in [0.3, 0.4) is 0 Å². The summed E-state index contributed by atoms with van der Waals surface area (Å²) in [6, 6.07) is 13.4. The van der Waals surface area contributed by atoms with Gasteiger partial charge in [-0.05, 0) is 13.0 Å². The second kappa shape index (κ2) is 10.6. The first-order valence-corrected chi connectivity index (χ1v) is 7.43. The van der Waals surface area contributed by atoms with Gasteiger partial charge in [-0.2, -0.15) is 0 Å². The predicted molar refractivity (Wildman–Crippen MR) is 90.5 cm³/mol. The van der Waals surface area contributed by atoms with Gasteiger partial charge in [0.25, 0.3) is 0 Å². The summed E-state index contributed by atoms with van der Waals surface area (Å²) in [6.07, 6.45) is 6.37. The van der Waals surface area contributed by atoms with E-state index in [1.165, 1.54) is 12.3 Å². The highest BCUT2D eigenvalue weighted by atomic mass is 16.5. The Kier molecular flexibility index (Phi) is 8.33. The number of carbonyl (C=O) groups excluding carboxylic acids is 2. The number of carbonyl (C=O) groups is 2. The third-order valence-corrected chi connectivity index (χ3v) is 2.87. The lowest BCUT2D eigenvalue weighted by Crippen LogP contribution is -2.09. The Morgan fingerprint density at radius 2 is 1.75 bits per heavy atom. The van der Waals surface area contributed by atoms with Crippen molar-refractivity contribution in [3.8, 4) is 18.1 Å². The molecule has 0 saturated carbocycles. The van der Waals surface area contributed by atoms with Crippen LogP contribution in [0, 0.1) is 12.3 Å². The Morgan fingerprint density at radius 1 is 1.17 bits per heavy atom. The molecule has 0 fully saturated rings. The SMILES string of the molecule is C#Cc1ccnc(C(=O)CCC(=O)OCC)c1O.c1ccccc1. The lowest BCUT2D eigenvalue weighted by molar-refractivity contribution is -0.143. The van der Waals surface area contributed by atoms with Crippen LogP contribution < -0.4 is 0 Å². The third-order valence-electron chi connectivity index (χ3n) is 2.87. The molecule has 0 unspecified atom stereocenters. The summed E-state index contributed by atoms with van der Waals surface area (Å²) in [7, 11) is 0. The van der Waals surface area contributed by atoms with Crippen molar-refractivity contribution in [2.75, 3.05) is 6.61 Å². The van der Waals surface area contributed by atoms with Crippen molar-refractivity contribution >= 4 is 11.8 Å². The second-order valence-corrected chi connectivity index (χ2v) is 4.58. The molecule has 0 amide bonds. The van der Waals surface area contributed by atoms with Gasteiger partial charge in [0.1, 0.15) is 5.69 Å². The van der Waals surface area contributed by atoms with E-state index >= 15 is 0 Å². The van der Waals surface area contributed by atoms with E-state index in [-0.39, 0.29) is 36.5 Å². The molecule has 124 valence electrons. The number of terminal acetylenes is 1. The molecule has 0 radical (unpaired) electrons. The molecule has 5 heteroatoms. The fourth-order valence-electron chi connectivity index (χ4n) is 1.73. The number of benzene rings is 1. The zero-order valence-electron chi connectivity index (χ0n) is 13.4. The smallest absolute Gasteiger partial charge is 0.306 e. The third kappa shape index (κ3) is 6.32. The van der Waals surface area contributed by atoms with Gasteiger partial charge in [0, 0.05) is 12.6 Å². The summed E-state index contributed by atoms with van der Waals surface area (Å²) in [5, 5.41) is 9.69. The van der Waals surface area contributed by atoms with Crippen molar-refractivity contribution in [1.29, 1.82) is 0 Å². The van der Waals surface area contributed by atoms with Gasteiger partial charge >= 0.3 is 5.97 Å². The molecule has 0 saturated heterocycles. The fourth-order valence-corrected chi connectivity index (χ4v) is 1.73. The largest absolute Gasteiger partial charge is 0.504 e. The molecule has 2 aromatic rings. The quantitative estimate of drug-likeness (QED) is 0.519. The van der Waals surface area contributed by atoms with Crippen LogP contribution in [0.15, 0.2) is 48.7 Å². The van der Waals surface area contributed by atoms with Gasteiger partial charge in [0.2, 0.25) is 0 Å². The number of pyridine rings is 1. The second-order valence-electron chi connectivity index (χ2n) is 4.58. The molecule has 0 aliphatic heterocycles. The minimum absolute atomic E-state index is 0.0475. The number of aromatic hydroxyl groups is 1. The first kappa shape index (κ1) is 18.9. The van der Waals surface area contributed by atoms with Gasteiger partial charge in [0.15, 0.2) is 11.5 Å². The van der Waals surface area contributed by atoms with Gasteiger partial charge in [0.05, 0.1) is 18.6 Å². The standard InChI is InChI=1S/C13H13NO4.C6H6/c1-3-9-7-8-14-12(13(9)17)10(15)5-6-11(16)18-4-2;1-2-4-6-5-3-1/h1,7-8,17H,4-6H2,2H3;1-6H. The van der Waals surface area contributed by atoms with E-state index in [2.05, 4.69) is 10.9 Å². The minimum Gasteiger partial charge on any atom is -0.504 e. The fraction of sp³-hybridized carbons (Fsp3) is 0.211. The first-order valence-electron chi connectivity index (χ1n) is 7.43. The summed E-state index contributed by atoms with van der Waals surface area (Å²) in [5.74, 6) is 1.01. The van der Waals surface area contributed by atoms with Crippen LogP contribution in [0.1, 0.15) is 35.8 Å². The number of ether oxygens (including phenoxy) is 1. The number of ketones is 1. The monoisotopic (exact) mass is 325 g/mol. The maximum atomic E-state index is 11.7. The van der Waals surface area contributed by atoms with Gasteiger partial charge < -0.3 is 9.84 Å². The van der Waals surface area contributed by atoms with E-state index < -0.39 is 11.8 Å². The van der Waals surface area contributed by atoms with Crippen LogP contribution in [-0.4, -0.2) is 28.4 Å². The average Bonchev–Trinajstić information content (AvgIpc) is 2.62. The summed E-state index contributed by atoms with van der Waals surface area (Å²) in [6.45, 7) is 1.95. The summed E-state index contributed by atoms with van der Waals surface area (Å²) in [5.41, 5.74) is 0.0826. The van der Waals surface area contributed by atoms with E-state index in [0.717, 1.165) is 0 Å². The number of hydrogen-bond donors (Lipinski definition) is 1. The Balaban J connectivity index is 0.000000400. The maximum absolute atomic E-state index is 11.7. The Labute approximate surface area is 141 Å². The molecule has 1 aromatic carbocycles. The first-order chi connectivity index (χ1) is 11.6. The maximum Gasteiger partial charge on any atom is 0.306 e. The Morgan fingerprint density at radius 3 is 2.25 bits per heavy atom. The molecule has 0 spiro atoms. The van der Waals surface area contributed by atoms with Crippen LogP contribution in [0.5, 0.6) is 5.75 Å². The molecule has 0 atom stereocenters. The summed E-state index contributed by atoms with van der Waals surface area (Å²) < 4.78 is 4.70. The van der Waals surface area contributed by atoms with Gasteiger partial charge in [-0.1, -0.05) is 42.3 Å². The van der Waals surface area contributed by atoms with Crippen molar-refractivity contribution in [3.05, 3.63) is 59.9 Å². The Bertz CT molecular complexity index is 678. The van der Waals surface area contributed by atoms with E-state index in [1.807, 2.05) is 36.4 Å².